The van der Waals surface area contributed by atoms with E-state index in [4.69, 9.17) is 10.2 Å². The van der Waals surface area contributed by atoms with Gasteiger partial charge in [-0.25, -0.2) is 0 Å². The van der Waals surface area contributed by atoms with Crippen molar-refractivity contribution in [2.45, 2.75) is 39.3 Å². The molecule has 15 heavy (non-hydrogen) atoms. The Kier molecular flexibility index (Phi) is 12.8. The molecule has 1 rings (SSSR count). The van der Waals surface area contributed by atoms with Crippen molar-refractivity contribution in [1.29, 1.82) is 0 Å². The molecule has 1 heterocycles. The normalized spacial score (nSPS) is 23.1. The van der Waals surface area contributed by atoms with Crippen LogP contribution < -0.4 is 10.6 Å². The van der Waals surface area contributed by atoms with Gasteiger partial charge in [-0.3, -0.25) is 4.79 Å². The number of carbonyl (C=O) groups excluding carboxylic acids is 1. The molecule has 5 heteroatoms. The largest absolute Gasteiger partial charge is 0.395 e. The molecule has 0 aromatic rings. The summed E-state index contributed by atoms with van der Waals surface area (Å²) in [6, 6.07) is 0.130. The molecule has 4 N–H and O–H groups in total. The van der Waals surface area contributed by atoms with Gasteiger partial charge in [-0.2, -0.15) is 0 Å². The highest BCUT2D eigenvalue weighted by molar-refractivity contribution is 5.72. The van der Waals surface area contributed by atoms with Gasteiger partial charge in [0.05, 0.1) is 12.7 Å². The summed E-state index contributed by atoms with van der Waals surface area (Å²) in [7, 11) is 1.60. The standard InChI is InChI=1S/C5H11NO2.C3H7NO.C2H6/c7-3-4-1-5(8)2-6-4;1-3(5)4-2;1-2/h4-8H,1-3H2;1-2H3,(H,4,5);1-2H3. The number of aliphatic hydroxyl groups is 2. The maximum absolute atomic E-state index is 9.70. The maximum atomic E-state index is 9.70. The van der Waals surface area contributed by atoms with Gasteiger partial charge in [0, 0.05) is 26.6 Å². The molecule has 0 aromatic carbocycles. The van der Waals surface area contributed by atoms with Gasteiger partial charge >= 0.3 is 0 Å². The summed E-state index contributed by atoms with van der Waals surface area (Å²) >= 11 is 0. The predicted octanol–water partition coefficient (Wildman–Crippen LogP) is -0.520. The molecule has 1 aliphatic heterocycles. The molecule has 2 atom stereocenters. The molecular formula is C10H24N2O3. The Balaban J connectivity index is 0. The second-order valence-corrected chi connectivity index (χ2v) is 2.98. The molecule has 1 amide bonds. The van der Waals surface area contributed by atoms with Gasteiger partial charge in [-0.15, -0.1) is 0 Å². The SMILES string of the molecule is CC.CNC(C)=O.OCC1CC(O)CN1. The zero-order valence-corrected chi connectivity index (χ0v) is 10.1. The lowest BCUT2D eigenvalue weighted by Gasteiger charge is -2.01. The van der Waals surface area contributed by atoms with E-state index >= 15 is 0 Å². The fourth-order valence-corrected chi connectivity index (χ4v) is 0.937. The van der Waals surface area contributed by atoms with Crippen LogP contribution in [0.25, 0.3) is 0 Å². The summed E-state index contributed by atoms with van der Waals surface area (Å²) < 4.78 is 0. The van der Waals surface area contributed by atoms with Crippen LogP contribution in [-0.2, 0) is 4.79 Å². The highest BCUT2D eigenvalue weighted by Crippen LogP contribution is 2.03. The summed E-state index contributed by atoms with van der Waals surface area (Å²) in [6.45, 7) is 6.24. The summed E-state index contributed by atoms with van der Waals surface area (Å²) in [6.07, 6.45) is 0.448. The van der Waals surface area contributed by atoms with Crippen molar-refractivity contribution in [1.82, 2.24) is 10.6 Å². The van der Waals surface area contributed by atoms with Crippen LogP contribution in [0.3, 0.4) is 0 Å². The Hall–Kier alpha value is -0.650. The van der Waals surface area contributed by atoms with E-state index in [0.717, 1.165) is 0 Å². The van der Waals surface area contributed by atoms with E-state index in [0.29, 0.717) is 13.0 Å². The van der Waals surface area contributed by atoms with Crippen molar-refractivity contribution in [2.75, 3.05) is 20.2 Å². The van der Waals surface area contributed by atoms with Gasteiger partial charge in [-0.1, -0.05) is 13.8 Å². The summed E-state index contributed by atoms with van der Waals surface area (Å²) in [5.41, 5.74) is 0. The first-order valence-electron chi connectivity index (χ1n) is 5.30. The number of β-amino-alcohol motifs (C(OH)–C–C–N with tert-alkyl or cyclic N) is 1. The van der Waals surface area contributed by atoms with Crippen molar-refractivity contribution in [2.24, 2.45) is 0 Å². The molecule has 0 radical (unpaired) electrons. The van der Waals surface area contributed by atoms with E-state index in [1.54, 1.807) is 7.05 Å². The predicted molar refractivity (Wildman–Crippen MR) is 60.6 cm³/mol. The molecule has 0 spiro atoms. The Morgan fingerprint density at radius 2 is 2.00 bits per heavy atom. The lowest BCUT2D eigenvalue weighted by molar-refractivity contribution is -0.118. The van der Waals surface area contributed by atoms with Gasteiger partial charge in [0.25, 0.3) is 0 Å². The first-order valence-corrected chi connectivity index (χ1v) is 5.30. The first-order chi connectivity index (χ1) is 7.10. The molecule has 1 saturated heterocycles. The number of amides is 1. The number of aliphatic hydroxyl groups excluding tert-OH is 2. The quantitative estimate of drug-likeness (QED) is 0.479. The highest BCUT2D eigenvalue weighted by Gasteiger charge is 2.20. The smallest absolute Gasteiger partial charge is 0.216 e. The summed E-state index contributed by atoms with van der Waals surface area (Å²) in [5, 5.41) is 22.7. The third kappa shape index (κ3) is 11.3. The van der Waals surface area contributed by atoms with Crippen LogP contribution in [0.5, 0.6) is 0 Å². The second-order valence-electron chi connectivity index (χ2n) is 2.98. The minimum Gasteiger partial charge on any atom is -0.395 e. The average Bonchev–Trinajstić information content (AvgIpc) is 2.68. The van der Waals surface area contributed by atoms with Crippen LogP contribution in [0, 0.1) is 0 Å². The molecule has 0 saturated carbocycles. The van der Waals surface area contributed by atoms with Gasteiger partial charge in [0.1, 0.15) is 0 Å². The molecule has 92 valence electrons. The minimum absolute atomic E-state index is 0.00463. The van der Waals surface area contributed by atoms with E-state index in [1.165, 1.54) is 6.92 Å². The Labute approximate surface area is 91.9 Å². The van der Waals surface area contributed by atoms with Gasteiger partial charge in [-0.05, 0) is 6.42 Å². The van der Waals surface area contributed by atoms with Gasteiger partial charge < -0.3 is 20.8 Å². The fraction of sp³-hybridized carbons (Fsp3) is 0.900. The number of hydrogen-bond donors (Lipinski definition) is 4. The van der Waals surface area contributed by atoms with E-state index in [9.17, 15) is 4.79 Å². The van der Waals surface area contributed by atoms with Crippen LogP contribution >= 0.6 is 0 Å². The van der Waals surface area contributed by atoms with Crippen LogP contribution in [0.1, 0.15) is 27.2 Å². The fourth-order valence-electron chi connectivity index (χ4n) is 0.937. The highest BCUT2D eigenvalue weighted by atomic mass is 16.3. The number of carbonyl (C=O) groups is 1. The zero-order valence-electron chi connectivity index (χ0n) is 10.1. The Bertz CT molecular complexity index is 154. The first kappa shape index (κ1) is 16.8. The van der Waals surface area contributed by atoms with Gasteiger partial charge in [0.2, 0.25) is 5.91 Å². The maximum Gasteiger partial charge on any atom is 0.216 e. The lowest BCUT2D eigenvalue weighted by Crippen LogP contribution is -2.24. The lowest BCUT2D eigenvalue weighted by atomic mass is 10.2. The van der Waals surface area contributed by atoms with Crippen molar-refractivity contribution < 1.29 is 15.0 Å². The van der Waals surface area contributed by atoms with Crippen LogP contribution in [-0.4, -0.2) is 48.5 Å². The van der Waals surface area contributed by atoms with Gasteiger partial charge in [0.15, 0.2) is 0 Å². The van der Waals surface area contributed by atoms with Crippen LogP contribution in [0.15, 0.2) is 0 Å². The van der Waals surface area contributed by atoms with E-state index in [2.05, 4.69) is 10.6 Å². The third-order valence-electron chi connectivity index (χ3n) is 1.77. The topological polar surface area (TPSA) is 81.6 Å². The Morgan fingerprint density at radius 1 is 1.53 bits per heavy atom. The third-order valence-corrected chi connectivity index (χ3v) is 1.77. The van der Waals surface area contributed by atoms with E-state index in [-0.39, 0.29) is 24.7 Å². The molecular weight excluding hydrogens is 196 g/mol. The van der Waals surface area contributed by atoms with Crippen molar-refractivity contribution >= 4 is 5.91 Å². The zero-order chi connectivity index (χ0) is 12.3. The second kappa shape index (κ2) is 11.4. The molecule has 0 bridgehead atoms. The summed E-state index contributed by atoms with van der Waals surface area (Å²) in [5.74, 6) is 0.00463. The molecule has 0 aliphatic carbocycles. The summed E-state index contributed by atoms with van der Waals surface area (Å²) in [4.78, 5) is 9.70. The molecule has 1 aliphatic rings. The molecule has 1 fully saturated rings. The van der Waals surface area contributed by atoms with E-state index in [1.807, 2.05) is 13.8 Å². The molecule has 0 aromatic heterocycles. The number of hydrogen-bond acceptors (Lipinski definition) is 4. The van der Waals surface area contributed by atoms with Crippen molar-refractivity contribution in [3.63, 3.8) is 0 Å². The van der Waals surface area contributed by atoms with Crippen molar-refractivity contribution in [3.05, 3.63) is 0 Å². The van der Waals surface area contributed by atoms with Crippen LogP contribution in [0.2, 0.25) is 0 Å². The number of nitrogens with one attached hydrogen (secondary N) is 2. The monoisotopic (exact) mass is 220 g/mol. The van der Waals surface area contributed by atoms with E-state index < -0.39 is 0 Å². The average molecular weight is 220 g/mol. The van der Waals surface area contributed by atoms with Crippen molar-refractivity contribution in [3.8, 4) is 0 Å². The minimum atomic E-state index is -0.243. The van der Waals surface area contributed by atoms with Crippen LogP contribution in [0.4, 0.5) is 0 Å². The molecule has 5 nitrogen and oxygen atoms in total. The number of rotatable bonds is 1. The molecule has 2 unspecified atom stereocenters. The Morgan fingerprint density at radius 3 is 2.13 bits per heavy atom.